The van der Waals surface area contributed by atoms with Gasteiger partial charge in [-0.1, -0.05) is 0 Å². The number of rotatable bonds is 4. The number of aliphatic hydroxyl groups excluding tert-OH is 1. The number of hydrogen-bond donors (Lipinski definition) is 2. The van der Waals surface area contributed by atoms with E-state index in [9.17, 15) is 13.6 Å². The van der Waals surface area contributed by atoms with Crippen molar-refractivity contribution in [3.05, 3.63) is 31.8 Å². The third kappa shape index (κ3) is 4.47. The van der Waals surface area contributed by atoms with Crippen LogP contribution in [0.2, 0.25) is 0 Å². The van der Waals surface area contributed by atoms with Gasteiger partial charge >= 0.3 is 0 Å². The second-order valence-electron chi connectivity index (χ2n) is 3.24. The molecule has 0 aliphatic heterocycles. The average Bonchev–Trinajstić information content (AvgIpc) is 2.28. The fraction of sp³-hybridized carbons (Fsp3) is 0.300. The predicted octanol–water partition coefficient (Wildman–Crippen LogP) is 2.41. The van der Waals surface area contributed by atoms with Gasteiger partial charge in [0.25, 0.3) is 12.3 Å². The highest BCUT2D eigenvalue weighted by atomic mass is 127. The summed E-state index contributed by atoms with van der Waals surface area (Å²) >= 11 is 5.23. The molecular weight excluding hydrogens is 411 g/mol. The highest BCUT2D eigenvalue weighted by Gasteiger charge is 2.18. The zero-order valence-electron chi connectivity index (χ0n) is 8.46. The molecule has 7 heteroatoms. The lowest BCUT2D eigenvalue weighted by Crippen LogP contribution is -2.36. The lowest BCUT2D eigenvalue weighted by atomic mass is 10.2. The summed E-state index contributed by atoms with van der Waals surface area (Å²) in [6.07, 6.45) is -4.71. The molecule has 0 saturated carbocycles. The minimum absolute atomic E-state index is 0.346. The molecule has 0 heterocycles. The van der Waals surface area contributed by atoms with Crippen LogP contribution in [0.15, 0.2) is 22.7 Å². The average molecular weight is 420 g/mol. The van der Waals surface area contributed by atoms with Crippen LogP contribution in [-0.2, 0) is 0 Å². The molecule has 3 nitrogen and oxygen atoms in total. The van der Waals surface area contributed by atoms with Crippen LogP contribution < -0.4 is 5.32 Å². The van der Waals surface area contributed by atoms with Crippen LogP contribution in [0, 0.1) is 3.57 Å². The van der Waals surface area contributed by atoms with Gasteiger partial charge in [0.2, 0.25) is 0 Å². The number of alkyl halides is 2. The number of amides is 1. The summed E-state index contributed by atoms with van der Waals surface area (Å²) in [4.78, 5) is 11.6. The molecule has 17 heavy (non-hydrogen) atoms. The minimum Gasteiger partial charge on any atom is -0.385 e. The molecule has 0 saturated heterocycles. The van der Waals surface area contributed by atoms with Gasteiger partial charge in [-0.2, -0.15) is 0 Å². The first-order valence-electron chi connectivity index (χ1n) is 4.61. The molecule has 0 aromatic heterocycles. The molecule has 1 atom stereocenters. The van der Waals surface area contributed by atoms with Crippen LogP contribution in [0.3, 0.4) is 0 Å². The molecule has 1 aromatic rings. The quantitative estimate of drug-likeness (QED) is 0.736. The van der Waals surface area contributed by atoms with E-state index >= 15 is 0 Å². The molecule has 2 N–H and O–H groups in total. The molecule has 0 bridgehead atoms. The first kappa shape index (κ1) is 14.8. The SMILES string of the molecule is O=C(NCC(O)C(F)F)c1cc(I)ccc1Br. The molecule has 1 rings (SSSR count). The summed E-state index contributed by atoms with van der Waals surface area (Å²) in [5.41, 5.74) is 0.346. The van der Waals surface area contributed by atoms with Crippen molar-refractivity contribution in [2.24, 2.45) is 0 Å². The van der Waals surface area contributed by atoms with Crippen LogP contribution in [0.5, 0.6) is 0 Å². The lowest BCUT2D eigenvalue weighted by molar-refractivity contribution is -0.00270. The van der Waals surface area contributed by atoms with E-state index in [1.165, 1.54) is 0 Å². The Labute approximate surface area is 119 Å². The molecular formula is C10H9BrF2INO2. The highest BCUT2D eigenvalue weighted by molar-refractivity contribution is 14.1. The molecule has 0 radical (unpaired) electrons. The number of aliphatic hydroxyl groups is 1. The standard InChI is InChI=1S/C10H9BrF2INO2/c11-7-2-1-5(14)3-6(7)10(17)15-4-8(16)9(12)13/h1-3,8-9,16H,4H2,(H,15,17). The van der Waals surface area contributed by atoms with Crippen molar-refractivity contribution in [1.82, 2.24) is 5.32 Å². The largest absolute Gasteiger partial charge is 0.385 e. The second kappa shape index (κ2) is 6.60. The third-order valence-electron chi connectivity index (χ3n) is 1.94. The Balaban J connectivity index is 2.67. The molecule has 1 aromatic carbocycles. The molecule has 1 unspecified atom stereocenters. The van der Waals surface area contributed by atoms with Crippen LogP contribution in [0.4, 0.5) is 8.78 Å². The number of halogens is 4. The number of nitrogens with one attached hydrogen (secondary N) is 1. The van der Waals surface area contributed by atoms with Crippen molar-refractivity contribution in [3.8, 4) is 0 Å². The summed E-state index contributed by atoms with van der Waals surface area (Å²) < 4.78 is 25.4. The van der Waals surface area contributed by atoms with Crippen molar-refractivity contribution in [1.29, 1.82) is 0 Å². The Morgan fingerprint density at radius 1 is 1.53 bits per heavy atom. The number of carbonyl (C=O) groups is 1. The summed E-state index contributed by atoms with van der Waals surface area (Å²) in [6.45, 7) is -0.478. The van der Waals surface area contributed by atoms with Gasteiger partial charge in [0.05, 0.1) is 5.56 Å². The minimum atomic E-state index is -2.87. The van der Waals surface area contributed by atoms with E-state index in [4.69, 9.17) is 5.11 Å². The summed E-state index contributed by atoms with van der Waals surface area (Å²) in [7, 11) is 0. The molecule has 94 valence electrons. The fourth-order valence-electron chi connectivity index (χ4n) is 1.05. The fourth-order valence-corrected chi connectivity index (χ4v) is 1.97. The van der Waals surface area contributed by atoms with E-state index in [1.54, 1.807) is 18.2 Å². The summed E-state index contributed by atoms with van der Waals surface area (Å²) in [5, 5.41) is 11.1. The van der Waals surface area contributed by atoms with Crippen molar-refractivity contribution < 1.29 is 18.7 Å². The van der Waals surface area contributed by atoms with E-state index in [1.807, 2.05) is 22.6 Å². The topological polar surface area (TPSA) is 49.3 Å². The Bertz CT molecular complexity index is 417. The van der Waals surface area contributed by atoms with E-state index < -0.39 is 25.0 Å². The molecule has 1 amide bonds. The number of hydrogen-bond acceptors (Lipinski definition) is 2. The Morgan fingerprint density at radius 2 is 2.18 bits per heavy atom. The van der Waals surface area contributed by atoms with Crippen LogP contribution >= 0.6 is 38.5 Å². The van der Waals surface area contributed by atoms with Gasteiger partial charge in [0, 0.05) is 14.6 Å². The molecule has 0 aliphatic rings. The Kier molecular flexibility index (Phi) is 5.74. The maximum absolute atomic E-state index is 12.0. The van der Waals surface area contributed by atoms with Gasteiger partial charge in [-0.05, 0) is 56.7 Å². The number of carbonyl (C=O) groups excluding carboxylic acids is 1. The van der Waals surface area contributed by atoms with Gasteiger partial charge in [0.1, 0.15) is 6.10 Å². The van der Waals surface area contributed by atoms with Crippen molar-refractivity contribution in [2.45, 2.75) is 12.5 Å². The van der Waals surface area contributed by atoms with Gasteiger partial charge < -0.3 is 10.4 Å². The van der Waals surface area contributed by atoms with Crippen molar-refractivity contribution in [2.75, 3.05) is 6.54 Å². The van der Waals surface area contributed by atoms with E-state index in [2.05, 4.69) is 21.2 Å². The maximum atomic E-state index is 12.0. The second-order valence-corrected chi connectivity index (χ2v) is 5.34. The monoisotopic (exact) mass is 419 g/mol. The van der Waals surface area contributed by atoms with Crippen molar-refractivity contribution in [3.63, 3.8) is 0 Å². The molecule has 0 fully saturated rings. The summed E-state index contributed by atoms with van der Waals surface area (Å²) in [6, 6.07) is 5.12. The smallest absolute Gasteiger partial charge is 0.265 e. The van der Waals surface area contributed by atoms with Gasteiger partial charge in [-0.25, -0.2) is 8.78 Å². The first-order valence-corrected chi connectivity index (χ1v) is 6.48. The third-order valence-corrected chi connectivity index (χ3v) is 3.30. The van der Waals surface area contributed by atoms with E-state index in [0.29, 0.717) is 10.0 Å². The van der Waals surface area contributed by atoms with Gasteiger partial charge in [-0.3, -0.25) is 4.79 Å². The number of benzene rings is 1. The lowest BCUT2D eigenvalue weighted by Gasteiger charge is -2.11. The zero-order chi connectivity index (χ0) is 13.0. The maximum Gasteiger partial charge on any atom is 0.265 e. The summed E-state index contributed by atoms with van der Waals surface area (Å²) in [5.74, 6) is -0.505. The Hall–Kier alpha value is -0.280. The normalized spacial score (nSPS) is 12.6. The van der Waals surface area contributed by atoms with E-state index in [-0.39, 0.29) is 0 Å². The Morgan fingerprint density at radius 3 is 2.76 bits per heavy atom. The highest BCUT2D eigenvalue weighted by Crippen LogP contribution is 2.19. The first-order chi connectivity index (χ1) is 7.91. The van der Waals surface area contributed by atoms with E-state index in [0.717, 1.165) is 3.57 Å². The van der Waals surface area contributed by atoms with Crippen LogP contribution in [-0.4, -0.2) is 30.1 Å². The molecule has 0 aliphatic carbocycles. The van der Waals surface area contributed by atoms with Crippen LogP contribution in [0.25, 0.3) is 0 Å². The van der Waals surface area contributed by atoms with Gasteiger partial charge in [-0.15, -0.1) is 0 Å². The zero-order valence-corrected chi connectivity index (χ0v) is 12.2. The predicted molar refractivity (Wildman–Crippen MR) is 71.2 cm³/mol. The van der Waals surface area contributed by atoms with Gasteiger partial charge in [0.15, 0.2) is 0 Å². The van der Waals surface area contributed by atoms with Crippen LogP contribution in [0.1, 0.15) is 10.4 Å². The molecule has 0 spiro atoms. The van der Waals surface area contributed by atoms with Crippen molar-refractivity contribution >= 4 is 44.4 Å².